The van der Waals surface area contributed by atoms with Crippen LogP contribution in [0.2, 0.25) is 0 Å². The summed E-state index contributed by atoms with van der Waals surface area (Å²) < 4.78 is 5.96. The molecule has 154 valence electrons. The first-order chi connectivity index (χ1) is 13.0. The van der Waals surface area contributed by atoms with Crippen molar-refractivity contribution in [3.05, 3.63) is 35.5 Å². The zero-order chi connectivity index (χ0) is 20.7. The van der Waals surface area contributed by atoms with Gasteiger partial charge >= 0.3 is 5.97 Å². The molecule has 3 heterocycles. The van der Waals surface area contributed by atoms with Crippen molar-refractivity contribution in [2.75, 3.05) is 13.1 Å². The fourth-order valence-electron chi connectivity index (χ4n) is 4.72. The number of rotatable bonds is 8. The third-order valence-electron chi connectivity index (χ3n) is 6.18. The molecule has 0 saturated carbocycles. The predicted octanol–water partition coefficient (Wildman–Crippen LogP) is 3.96. The van der Waals surface area contributed by atoms with Crippen molar-refractivity contribution >= 4 is 11.9 Å². The molecule has 4 atom stereocenters. The van der Waals surface area contributed by atoms with E-state index >= 15 is 0 Å². The molecular formula is C23H33NO4. The van der Waals surface area contributed by atoms with E-state index < -0.39 is 29.5 Å². The quantitative estimate of drug-likeness (QED) is 0.640. The Morgan fingerprint density at radius 2 is 2.07 bits per heavy atom. The number of carboxylic acids is 1. The Morgan fingerprint density at radius 1 is 1.36 bits per heavy atom. The Bertz CT molecular complexity index is 744. The first-order valence-corrected chi connectivity index (χ1v) is 10.2. The standard InChI is InChI=1S/C23H33NO4/c1-15(2)7-6-8-16(3)9-11-22(4,5)13-24-14-23-12-10-17(28-23)18(21(26)27)19(23)20(24)25/h7,9-10,12,17-19H,6,8,11,13-14H2,1-5H3,(H,26,27)/b16-9-/t17-,18-,19+,23-/m1/s1. The van der Waals surface area contributed by atoms with Crippen LogP contribution in [0.15, 0.2) is 35.5 Å². The topological polar surface area (TPSA) is 66.8 Å². The van der Waals surface area contributed by atoms with Crippen molar-refractivity contribution in [2.45, 2.75) is 65.6 Å². The molecule has 3 aliphatic heterocycles. The van der Waals surface area contributed by atoms with E-state index in [-0.39, 0.29) is 11.3 Å². The normalized spacial score (nSPS) is 31.5. The van der Waals surface area contributed by atoms with Gasteiger partial charge in [0.15, 0.2) is 0 Å². The molecule has 2 fully saturated rings. The van der Waals surface area contributed by atoms with Crippen molar-refractivity contribution in [3.63, 3.8) is 0 Å². The summed E-state index contributed by atoms with van der Waals surface area (Å²) in [5.74, 6) is -2.36. The zero-order valence-electron chi connectivity index (χ0n) is 17.7. The third kappa shape index (κ3) is 3.95. The molecule has 3 rings (SSSR count). The summed E-state index contributed by atoms with van der Waals surface area (Å²) >= 11 is 0. The molecule has 1 spiro atoms. The molecule has 0 radical (unpaired) electrons. The summed E-state index contributed by atoms with van der Waals surface area (Å²) in [6.07, 6.45) is 10.8. The number of likely N-dealkylation sites (tertiary alicyclic amines) is 1. The van der Waals surface area contributed by atoms with E-state index in [0.717, 1.165) is 19.3 Å². The summed E-state index contributed by atoms with van der Waals surface area (Å²) in [7, 11) is 0. The van der Waals surface area contributed by atoms with Gasteiger partial charge in [0.1, 0.15) is 11.5 Å². The fraction of sp³-hybridized carbons (Fsp3) is 0.652. The van der Waals surface area contributed by atoms with Crippen molar-refractivity contribution in [1.82, 2.24) is 4.90 Å². The number of carbonyl (C=O) groups is 2. The molecular weight excluding hydrogens is 354 g/mol. The van der Waals surface area contributed by atoms with Crippen LogP contribution >= 0.6 is 0 Å². The van der Waals surface area contributed by atoms with E-state index in [9.17, 15) is 14.7 Å². The maximum Gasteiger partial charge on any atom is 0.310 e. The van der Waals surface area contributed by atoms with E-state index in [4.69, 9.17) is 4.74 Å². The minimum atomic E-state index is -0.939. The van der Waals surface area contributed by atoms with Crippen molar-refractivity contribution in [2.24, 2.45) is 17.3 Å². The summed E-state index contributed by atoms with van der Waals surface area (Å²) in [4.78, 5) is 26.5. The lowest BCUT2D eigenvalue weighted by Crippen LogP contribution is -2.40. The van der Waals surface area contributed by atoms with Crippen LogP contribution in [0.5, 0.6) is 0 Å². The van der Waals surface area contributed by atoms with Crippen LogP contribution < -0.4 is 0 Å². The van der Waals surface area contributed by atoms with Crippen LogP contribution in [-0.2, 0) is 14.3 Å². The molecule has 0 aromatic heterocycles. The van der Waals surface area contributed by atoms with Crippen LogP contribution in [0, 0.1) is 17.3 Å². The molecule has 0 unspecified atom stereocenters. The van der Waals surface area contributed by atoms with Gasteiger partial charge in [0, 0.05) is 6.54 Å². The molecule has 1 amide bonds. The lowest BCUT2D eigenvalue weighted by molar-refractivity contribution is -0.148. The molecule has 0 aliphatic carbocycles. The number of nitrogens with zero attached hydrogens (tertiary/aromatic N) is 1. The van der Waals surface area contributed by atoms with E-state index in [1.807, 2.05) is 17.1 Å². The van der Waals surface area contributed by atoms with Crippen molar-refractivity contribution < 1.29 is 19.4 Å². The Labute approximate surface area is 168 Å². The van der Waals surface area contributed by atoms with E-state index in [1.165, 1.54) is 11.1 Å². The van der Waals surface area contributed by atoms with E-state index in [2.05, 4.69) is 46.8 Å². The molecule has 2 bridgehead atoms. The van der Waals surface area contributed by atoms with Crippen molar-refractivity contribution in [1.29, 1.82) is 0 Å². The maximum absolute atomic E-state index is 13.0. The molecule has 0 aromatic carbocycles. The van der Waals surface area contributed by atoms with Gasteiger partial charge in [-0.25, -0.2) is 0 Å². The van der Waals surface area contributed by atoms with Gasteiger partial charge in [0.05, 0.1) is 18.6 Å². The van der Waals surface area contributed by atoms with Crippen LogP contribution in [0.1, 0.15) is 53.9 Å². The molecule has 2 saturated heterocycles. The lowest BCUT2D eigenvalue weighted by atomic mass is 9.77. The minimum Gasteiger partial charge on any atom is -0.481 e. The Kier molecular flexibility index (Phi) is 5.59. The summed E-state index contributed by atoms with van der Waals surface area (Å²) in [5.41, 5.74) is 1.89. The second kappa shape index (κ2) is 7.51. The SMILES string of the molecule is CC(C)=CCC/C(C)=C\CC(C)(C)CN1C[C@@]23C=C[C@@H](O2)[C@@H](C(=O)O)[C@H]3C1=O. The number of allylic oxidation sites excluding steroid dienone is 4. The Morgan fingerprint density at radius 3 is 2.71 bits per heavy atom. The average Bonchev–Trinajstić information content (AvgIpc) is 3.21. The van der Waals surface area contributed by atoms with Crippen LogP contribution in [-0.4, -0.2) is 46.7 Å². The molecule has 5 nitrogen and oxygen atoms in total. The second-order valence-electron chi connectivity index (χ2n) is 9.67. The summed E-state index contributed by atoms with van der Waals surface area (Å²) in [6.45, 7) is 11.8. The molecule has 3 aliphatic rings. The zero-order valence-corrected chi connectivity index (χ0v) is 17.7. The van der Waals surface area contributed by atoms with Gasteiger partial charge in [-0.1, -0.05) is 49.3 Å². The highest BCUT2D eigenvalue weighted by molar-refractivity contribution is 5.90. The van der Waals surface area contributed by atoms with Crippen LogP contribution in [0.25, 0.3) is 0 Å². The Balaban J connectivity index is 1.62. The number of carboxylic acid groups (broad SMARTS) is 1. The first-order valence-electron chi connectivity index (χ1n) is 10.2. The van der Waals surface area contributed by atoms with Gasteiger partial charge in [-0.15, -0.1) is 0 Å². The number of fused-ring (bicyclic) bond motifs is 1. The van der Waals surface area contributed by atoms with Crippen LogP contribution in [0.4, 0.5) is 0 Å². The van der Waals surface area contributed by atoms with Gasteiger partial charge in [0.2, 0.25) is 5.91 Å². The molecule has 28 heavy (non-hydrogen) atoms. The number of hydrogen-bond donors (Lipinski definition) is 1. The molecule has 0 aromatic rings. The van der Waals surface area contributed by atoms with Gasteiger partial charge < -0.3 is 14.7 Å². The van der Waals surface area contributed by atoms with Crippen LogP contribution in [0.3, 0.4) is 0 Å². The number of amides is 1. The highest BCUT2D eigenvalue weighted by Gasteiger charge is 2.67. The van der Waals surface area contributed by atoms with Gasteiger partial charge in [0.25, 0.3) is 0 Å². The van der Waals surface area contributed by atoms with Gasteiger partial charge in [-0.05, 0) is 45.4 Å². The summed E-state index contributed by atoms with van der Waals surface area (Å²) in [6, 6.07) is 0. The largest absolute Gasteiger partial charge is 0.481 e. The first kappa shape index (κ1) is 20.8. The fourth-order valence-corrected chi connectivity index (χ4v) is 4.72. The maximum atomic E-state index is 13.0. The average molecular weight is 388 g/mol. The molecule has 1 N–H and O–H groups in total. The van der Waals surface area contributed by atoms with Crippen molar-refractivity contribution in [3.8, 4) is 0 Å². The third-order valence-corrected chi connectivity index (χ3v) is 6.18. The summed E-state index contributed by atoms with van der Waals surface area (Å²) in [5, 5.41) is 9.57. The van der Waals surface area contributed by atoms with E-state index in [0.29, 0.717) is 13.1 Å². The monoisotopic (exact) mass is 387 g/mol. The number of aliphatic carboxylic acids is 1. The molecule has 5 heteroatoms. The lowest BCUT2D eigenvalue weighted by Gasteiger charge is -2.31. The number of hydrogen-bond acceptors (Lipinski definition) is 3. The van der Waals surface area contributed by atoms with Gasteiger partial charge in [-0.2, -0.15) is 0 Å². The number of carbonyl (C=O) groups excluding carboxylic acids is 1. The smallest absolute Gasteiger partial charge is 0.310 e. The number of ether oxygens (including phenoxy) is 1. The highest BCUT2D eigenvalue weighted by atomic mass is 16.5. The second-order valence-corrected chi connectivity index (χ2v) is 9.67. The van der Waals surface area contributed by atoms with E-state index in [1.54, 1.807) is 0 Å². The highest BCUT2D eigenvalue weighted by Crippen LogP contribution is 2.52. The minimum absolute atomic E-state index is 0.0726. The van der Waals surface area contributed by atoms with Gasteiger partial charge in [-0.3, -0.25) is 9.59 Å². The Hall–Kier alpha value is -1.88. The predicted molar refractivity (Wildman–Crippen MR) is 109 cm³/mol.